The van der Waals surface area contributed by atoms with Crippen LogP contribution in [0.5, 0.6) is 0 Å². The van der Waals surface area contributed by atoms with E-state index in [0.29, 0.717) is 17.0 Å². The number of ether oxygens (including phenoxy) is 1. The maximum atomic E-state index is 11.5. The van der Waals surface area contributed by atoms with Crippen LogP contribution in [-0.2, 0) is 20.9 Å². The fourth-order valence-electron chi connectivity index (χ4n) is 1.40. The smallest absolute Gasteiger partial charge is 0.331 e. The molecule has 2 aromatic rings. The minimum atomic E-state index is -0.603. The molecular formula is C14H12BrNO4S. The number of rotatable bonds is 6. The molecule has 0 fully saturated rings. The van der Waals surface area contributed by atoms with E-state index in [2.05, 4.69) is 21.2 Å². The second-order valence-corrected chi connectivity index (χ2v) is 5.75. The van der Waals surface area contributed by atoms with E-state index in [1.807, 2.05) is 17.5 Å². The largest absolute Gasteiger partial charge is 0.452 e. The zero-order valence-electron chi connectivity index (χ0n) is 10.9. The molecule has 7 heteroatoms. The highest BCUT2D eigenvalue weighted by Crippen LogP contribution is 2.15. The molecule has 0 spiro atoms. The predicted octanol–water partition coefficient (Wildman–Crippen LogP) is 2.98. The summed E-state index contributed by atoms with van der Waals surface area (Å²) in [6.45, 7) is 0.126. The zero-order valence-corrected chi connectivity index (χ0v) is 13.3. The number of carbonyl (C=O) groups excluding carboxylic acids is 2. The third-order valence-electron chi connectivity index (χ3n) is 2.36. The Labute approximate surface area is 133 Å². The average Bonchev–Trinajstić information content (AvgIpc) is 3.12. The van der Waals surface area contributed by atoms with E-state index in [4.69, 9.17) is 9.15 Å². The summed E-state index contributed by atoms with van der Waals surface area (Å²) < 4.78 is 10.6. The number of nitrogens with one attached hydrogen (secondary N) is 1. The average molecular weight is 370 g/mol. The van der Waals surface area contributed by atoms with Gasteiger partial charge in [0.15, 0.2) is 11.3 Å². The monoisotopic (exact) mass is 369 g/mol. The van der Waals surface area contributed by atoms with Gasteiger partial charge in [-0.1, -0.05) is 6.07 Å². The summed E-state index contributed by atoms with van der Waals surface area (Å²) in [5.74, 6) is -0.430. The van der Waals surface area contributed by atoms with Crippen molar-refractivity contribution >= 4 is 45.2 Å². The molecule has 0 saturated heterocycles. The highest BCUT2D eigenvalue weighted by atomic mass is 79.9. The van der Waals surface area contributed by atoms with Crippen molar-refractivity contribution in [1.29, 1.82) is 0 Å². The molecule has 1 N–H and O–H groups in total. The highest BCUT2D eigenvalue weighted by molar-refractivity contribution is 9.10. The molecule has 0 bridgehead atoms. The summed E-state index contributed by atoms with van der Waals surface area (Å²) in [6, 6.07) is 7.23. The van der Waals surface area contributed by atoms with Crippen LogP contribution in [0.4, 0.5) is 0 Å². The van der Waals surface area contributed by atoms with Gasteiger partial charge in [0, 0.05) is 11.0 Å². The van der Waals surface area contributed by atoms with Crippen molar-refractivity contribution in [2.24, 2.45) is 0 Å². The molecule has 21 heavy (non-hydrogen) atoms. The zero-order chi connectivity index (χ0) is 15.1. The van der Waals surface area contributed by atoms with Crippen LogP contribution < -0.4 is 5.32 Å². The first-order valence-corrected chi connectivity index (χ1v) is 7.70. The predicted molar refractivity (Wildman–Crippen MR) is 82.6 cm³/mol. The van der Waals surface area contributed by atoms with E-state index >= 15 is 0 Å². The van der Waals surface area contributed by atoms with E-state index in [1.54, 1.807) is 23.5 Å². The van der Waals surface area contributed by atoms with Gasteiger partial charge in [0.2, 0.25) is 0 Å². The van der Waals surface area contributed by atoms with Crippen LogP contribution >= 0.6 is 27.3 Å². The fourth-order valence-corrected chi connectivity index (χ4v) is 2.37. The first-order valence-electron chi connectivity index (χ1n) is 6.03. The van der Waals surface area contributed by atoms with Gasteiger partial charge in [0.05, 0.1) is 6.54 Å². The number of amides is 1. The van der Waals surface area contributed by atoms with Crippen LogP contribution in [0.15, 0.2) is 44.8 Å². The molecule has 110 valence electrons. The molecule has 0 atom stereocenters. The van der Waals surface area contributed by atoms with Gasteiger partial charge in [-0.05, 0) is 45.6 Å². The Bertz CT molecular complexity index is 633. The molecule has 2 aromatic heterocycles. The van der Waals surface area contributed by atoms with Crippen molar-refractivity contribution in [3.63, 3.8) is 0 Å². The Morgan fingerprint density at radius 3 is 2.90 bits per heavy atom. The van der Waals surface area contributed by atoms with Crippen molar-refractivity contribution in [3.8, 4) is 0 Å². The molecule has 0 saturated carbocycles. The molecule has 0 aliphatic carbocycles. The number of esters is 1. The molecule has 2 rings (SSSR count). The Morgan fingerprint density at radius 2 is 2.24 bits per heavy atom. The minimum Gasteiger partial charge on any atom is -0.452 e. The van der Waals surface area contributed by atoms with Crippen LogP contribution in [0.25, 0.3) is 6.08 Å². The first kappa shape index (κ1) is 15.5. The van der Waals surface area contributed by atoms with Gasteiger partial charge in [-0.3, -0.25) is 4.79 Å². The van der Waals surface area contributed by atoms with Gasteiger partial charge < -0.3 is 14.5 Å². The standard InChI is InChI=1S/C14H12BrNO4S/c15-12-5-3-10(20-12)4-6-14(18)19-9-13(17)16-8-11-2-1-7-21-11/h1-7H,8-9H2,(H,16,17)/b6-4+. The molecule has 0 unspecified atom stereocenters. The summed E-state index contributed by atoms with van der Waals surface area (Å²) >= 11 is 4.70. The minimum absolute atomic E-state index is 0.309. The summed E-state index contributed by atoms with van der Waals surface area (Å²) in [6.07, 6.45) is 2.68. The van der Waals surface area contributed by atoms with E-state index < -0.39 is 5.97 Å². The third kappa shape index (κ3) is 5.57. The van der Waals surface area contributed by atoms with Gasteiger partial charge in [-0.15, -0.1) is 11.3 Å². The van der Waals surface area contributed by atoms with Crippen molar-refractivity contribution in [1.82, 2.24) is 5.32 Å². The van der Waals surface area contributed by atoms with Crippen LogP contribution in [0.3, 0.4) is 0 Å². The Balaban J connectivity index is 1.68. The Morgan fingerprint density at radius 1 is 1.38 bits per heavy atom. The topological polar surface area (TPSA) is 68.5 Å². The number of halogens is 1. The van der Waals surface area contributed by atoms with Crippen molar-refractivity contribution in [2.75, 3.05) is 6.61 Å². The van der Waals surface area contributed by atoms with E-state index in [0.717, 1.165) is 4.88 Å². The second-order valence-electron chi connectivity index (χ2n) is 3.94. The van der Waals surface area contributed by atoms with Crippen LogP contribution in [0.2, 0.25) is 0 Å². The number of thiophene rings is 1. The molecule has 5 nitrogen and oxygen atoms in total. The summed E-state index contributed by atoms with van der Waals surface area (Å²) in [4.78, 5) is 23.9. The summed E-state index contributed by atoms with van der Waals surface area (Å²) in [5, 5.41) is 4.59. The molecule has 0 aliphatic heterocycles. The van der Waals surface area contributed by atoms with Gasteiger partial charge in [0.25, 0.3) is 5.91 Å². The van der Waals surface area contributed by atoms with Gasteiger partial charge in [-0.2, -0.15) is 0 Å². The molecule has 0 radical (unpaired) electrons. The maximum absolute atomic E-state index is 11.5. The molecule has 2 heterocycles. The quantitative estimate of drug-likeness (QED) is 0.627. The van der Waals surface area contributed by atoms with Crippen molar-refractivity contribution in [2.45, 2.75) is 6.54 Å². The molecule has 0 aromatic carbocycles. The molecular weight excluding hydrogens is 358 g/mol. The number of hydrogen-bond donors (Lipinski definition) is 1. The van der Waals surface area contributed by atoms with Crippen molar-refractivity contribution in [3.05, 3.63) is 51.0 Å². The number of furan rings is 1. The van der Waals surface area contributed by atoms with Gasteiger partial charge in [-0.25, -0.2) is 4.79 Å². The van der Waals surface area contributed by atoms with E-state index in [-0.39, 0.29) is 12.5 Å². The van der Waals surface area contributed by atoms with E-state index in [9.17, 15) is 9.59 Å². The van der Waals surface area contributed by atoms with Crippen molar-refractivity contribution < 1.29 is 18.7 Å². The Hall–Kier alpha value is -1.86. The fraction of sp³-hybridized carbons (Fsp3) is 0.143. The second kappa shape index (κ2) is 7.80. The van der Waals surface area contributed by atoms with Gasteiger partial charge in [0.1, 0.15) is 5.76 Å². The molecule has 1 amide bonds. The first-order chi connectivity index (χ1) is 10.1. The maximum Gasteiger partial charge on any atom is 0.331 e. The van der Waals surface area contributed by atoms with E-state index in [1.165, 1.54) is 12.2 Å². The SMILES string of the molecule is O=C(COC(=O)/C=C/c1ccc(Br)o1)NCc1cccs1. The number of hydrogen-bond acceptors (Lipinski definition) is 5. The summed E-state index contributed by atoms with van der Waals surface area (Å²) in [5.41, 5.74) is 0. The van der Waals surface area contributed by atoms with Crippen LogP contribution in [0.1, 0.15) is 10.6 Å². The lowest BCUT2D eigenvalue weighted by atomic mass is 10.4. The number of carbonyl (C=O) groups is 2. The lowest BCUT2D eigenvalue weighted by Crippen LogP contribution is -2.27. The Kier molecular flexibility index (Phi) is 5.77. The lowest BCUT2D eigenvalue weighted by molar-refractivity contribution is -0.143. The van der Waals surface area contributed by atoms with Gasteiger partial charge >= 0.3 is 5.97 Å². The normalized spacial score (nSPS) is 10.7. The van der Waals surface area contributed by atoms with Crippen LogP contribution in [-0.4, -0.2) is 18.5 Å². The highest BCUT2D eigenvalue weighted by Gasteiger charge is 2.05. The lowest BCUT2D eigenvalue weighted by Gasteiger charge is -2.03. The third-order valence-corrected chi connectivity index (χ3v) is 3.67. The molecule has 0 aliphatic rings. The summed E-state index contributed by atoms with van der Waals surface area (Å²) in [7, 11) is 0. The van der Waals surface area contributed by atoms with Crippen LogP contribution in [0, 0.1) is 0 Å².